The third kappa shape index (κ3) is 7.06. The maximum Gasteiger partial charge on any atom is 0.259 e. The molecular formula is C23H33N9O2S. The normalized spacial score (nSPS) is 12.6. The number of amides is 1. The molecular weight excluding hydrogens is 466 g/mol. The largest absolute Gasteiger partial charge is 0.372 e. The van der Waals surface area contributed by atoms with E-state index in [1.807, 2.05) is 43.0 Å². The van der Waals surface area contributed by atoms with Crippen LogP contribution in [0.4, 0.5) is 21.9 Å². The standard InChI is InChI=1S/C23H33N9O2S/c1-6-31(7-2)18-11-9-10-17(14-18)19(34-5)20(33)27-23-30-29-22(35-23)26-16(4)15-32(8-3)21-24-12-13-25-28-21/h9-14,16,19H,6-8,15H2,1-5H3,(H,26,29)(H,27,30,33)/t16-,19-/m1/s1. The van der Waals surface area contributed by atoms with Gasteiger partial charge in [-0.25, -0.2) is 4.98 Å². The Morgan fingerprint density at radius 1 is 1.06 bits per heavy atom. The number of nitrogens with zero attached hydrogens (tertiary/aromatic N) is 7. The first kappa shape index (κ1) is 26.2. The van der Waals surface area contributed by atoms with E-state index in [9.17, 15) is 4.79 Å². The van der Waals surface area contributed by atoms with Gasteiger partial charge in [-0.2, -0.15) is 5.10 Å². The molecule has 0 unspecified atom stereocenters. The van der Waals surface area contributed by atoms with E-state index in [4.69, 9.17) is 4.74 Å². The van der Waals surface area contributed by atoms with Gasteiger partial charge in [0.2, 0.25) is 16.2 Å². The van der Waals surface area contributed by atoms with Gasteiger partial charge in [0.15, 0.2) is 6.10 Å². The Hall–Kier alpha value is -3.38. The number of likely N-dealkylation sites (N-methyl/N-ethyl adjacent to an activating group) is 1. The SMILES string of the molecule is CCN(CC)c1cccc([C@@H](OC)C(=O)Nc2nnc(N[C@H](C)CN(CC)c3nccnn3)s2)c1. The van der Waals surface area contributed by atoms with Gasteiger partial charge in [-0.15, -0.1) is 15.3 Å². The maximum absolute atomic E-state index is 13.0. The first-order valence-electron chi connectivity index (χ1n) is 11.7. The molecule has 3 aromatic rings. The number of rotatable bonds is 13. The second-order valence-electron chi connectivity index (χ2n) is 7.81. The van der Waals surface area contributed by atoms with Crippen LogP contribution < -0.4 is 20.4 Å². The summed E-state index contributed by atoms with van der Waals surface area (Å²) in [6, 6.07) is 7.88. The summed E-state index contributed by atoms with van der Waals surface area (Å²) in [5.74, 6) is 0.273. The number of ether oxygens (including phenoxy) is 1. The van der Waals surface area contributed by atoms with Gasteiger partial charge in [-0.1, -0.05) is 23.5 Å². The molecule has 0 saturated carbocycles. The zero-order valence-corrected chi connectivity index (χ0v) is 21.6. The minimum Gasteiger partial charge on any atom is -0.372 e. The average Bonchev–Trinajstić information content (AvgIpc) is 3.31. The Labute approximate surface area is 209 Å². The summed E-state index contributed by atoms with van der Waals surface area (Å²) in [5, 5.41) is 23.4. The molecule has 11 nitrogen and oxygen atoms in total. The number of nitrogens with one attached hydrogen (secondary N) is 2. The third-order valence-corrected chi connectivity index (χ3v) is 6.20. The van der Waals surface area contributed by atoms with Gasteiger partial charge in [0.1, 0.15) is 0 Å². The molecule has 0 radical (unpaired) electrons. The van der Waals surface area contributed by atoms with Crippen molar-refractivity contribution in [3.8, 4) is 0 Å². The lowest BCUT2D eigenvalue weighted by atomic mass is 10.1. The Morgan fingerprint density at radius 2 is 1.80 bits per heavy atom. The molecule has 188 valence electrons. The smallest absolute Gasteiger partial charge is 0.259 e. The number of carbonyl (C=O) groups is 1. The van der Waals surface area contributed by atoms with Crippen LogP contribution in [-0.4, -0.2) is 70.6 Å². The average molecular weight is 500 g/mol. The number of hydrogen-bond acceptors (Lipinski definition) is 11. The molecule has 0 aliphatic carbocycles. The van der Waals surface area contributed by atoms with Gasteiger partial charge >= 0.3 is 0 Å². The van der Waals surface area contributed by atoms with Crippen molar-refractivity contribution >= 4 is 39.1 Å². The van der Waals surface area contributed by atoms with E-state index in [0.29, 0.717) is 22.8 Å². The predicted molar refractivity (Wildman–Crippen MR) is 139 cm³/mol. The van der Waals surface area contributed by atoms with E-state index in [-0.39, 0.29) is 11.9 Å². The molecule has 2 atom stereocenters. The third-order valence-electron chi connectivity index (χ3n) is 5.43. The fourth-order valence-electron chi connectivity index (χ4n) is 3.70. The lowest BCUT2D eigenvalue weighted by Crippen LogP contribution is -2.36. The molecule has 0 aliphatic heterocycles. The molecule has 0 aliphatic rings. The maximum atomic E-state index is 13.0. The summed E-state index contributed by atoms with van der Waals surface area (Å²) >= 11 is 1.27. The van der Waals surface area contributed by atoms with Crippen molar-refractivity contribution in [1.82, 2.24) is 25.4 Å². The zero-order valence-electron chi connectivity index (χ0n) is 20.8. The molecule has 1 aromatic carbocycles. The molecule has 0 bridgehead atoms. The van der Waals surface area contributed by atoms with Crippen LogP contribution in [0.15, 0.2) is 36.7 Å². The van der Waals surface area contributed by atoms with E-state index in [1.165, 1.54) is 18.4 Å². The van der Waals surface area contributed by atoms with Crippen LogP contribution in [0.1, 0.15) is 39.4 Å². The fraction of sp³-hybridized carbons (Fsp3) is 0.478. The van der Waals surface area contributed by atoms with Crippen LogP contribution >= 0.6 is 11.3 Å². The van der Waals surface area contributed by atoms with Crippen LogP contribution in [-0.2, 0) is 9.53 Å². The molecule has 2 heterocycles. The number of hydrogen-bond donors (Lipinski definition) is 2. The summed E-state index contributed by atoms with van der Waals surface area (Å²) in [5.41, 5.74) is 1.83. The number of anilines is 4. The van der Waals surface area contributed by atoms with Crippen molar-refractivity contribution in [2.45, 2.75) is 39.8 Å². The van der Waals surface area contributed by atoms with Gasteiger partial charge in [-0.3, -0.25) is 10.1 Å². The van der Waals surface area contributed by atoms with E-state index < -0.39 is 6.10 Å². The minimum atomic E-state index is -0.762. The van der Waals surface area contributed by atoms with Crippen molar-refractivity contribution in [3.63, 3.8) is 0 Å². The van der Waals surface area contributed by atoms with E-state index >= 15 is 0 Å². The first-order chi connectivity index (χ1) is 17.0. The summed E-state index contributed by atoms with van der Waals surface area (Å²) in [7, 11) is 1.52. The number of methoxy groups -OCH3 is 1. The molecule has 0 fully saturated rings. The topological polar surface area (TPSA) is 121 Å². The molecule has 35 heavy (non-hydrogen) atoms. The molecule has 1 amide bonds. The Balaban J connectivity index is 1.61. The fourth-order valence-corrected chi connectivity index (χ4v) is 4.45. The van der Waals surface area contributed by atoms with Crippen molar-refractivity contribution in [2.24, 2.45) is 0 Å². The quantitative estimate of drug-likeness (QED) is 0.362. The summed E-state index contributed by atoms with van der Waals surface area (Å²) < 4.78 is 5.53. The number of aromatic nitrogens is 5. The van der Waals surface area contributed by atoms with Gasteiger partial charge in [0.05, 0.1) is 12.4 Å². The summed E-state index contributed by atoms with van der Waals surface area (Å²) in [4.78, 5) is 21.5. The highest BCUT2D eigenvalue weighted by Gasteiger charge is 2.23. The molecule has 3 rings (SSSR count). The van der Waals surface area contributed by atoms with Crippen molar-refractivity contribution in [3.05, 3.63) is 42.2 Å². The highest BCUT2D eigenvalue weighted by atomic mass is 32.1. The highest BCUT2D eigenvalue weighted by Crippen LogP contribution is 2.26. The van der Waals surface area contributed by atoms with Crippen molar-refractivity contribution in [2.75, 3.05) is 53.7 Å². The Kier molecular flexibility index (Phi) is 9.67. The van der Waals surface area contributed by atoms with E-state index in [0.717, 1.165) is 30.9 Å². The second-order valence-corrected chi connectivity index (χ2v) is 8.79. The van der Waals surface area contributed by atoms with Crippen LogP contribution in [0.2, 0.25) is 0 Å². The zero-order chi connectivity index (χ0) is 25.2. The van der Waals surface area contributed by atoms with Crippen molar-refractivity contribution < 1.29 is 9.53 Å². The van der Waals surface area contributed by atoms with Gasteiger partial charge in [0, 0.05) is 45.0 Å². The molecule has 2 N–H and O–H groups in total. The van der Waals surface area contributed by atoms with Crippen LogP contribution in [0, 0.1) is 0 Å². The minimum absolute atomic E-state index is 0.0322. The highest BCUT2D eigenvalue weighted by molar-refractivity contribution is 7.19. The van der Waals surface area contributed by atoms with Gasteiger partial charge < -0.3 is 19.9 Å². The van der Waals surface area contributed by atoms with E-state index in [2.05, 4.69) is 54.8 Å². The molecule has 0 saturated heterocycles. The number of carbonyl (C=O) groups excluding carboxylic acids is 1. The van der Waals surface area contributed by atoms with E-state index in [1.54, 1.807) is 12.4 Å². The lowest BCUT2D eigenvalue weighted by Gasteiger charge is -2.24. The first-order valence-corrected chi connectivity index (χ1v) is 12.5. The summed E-state index contributed by atoms with van der Waals surface area (Å²) in [6.45, 7) is 11.4. The monoisotopic (exact) mass is 499 g/mol. The van der Waals surface area contributed by atoms with Crippen LogP contribution in [0.25, 0.3) is 0 Å². The molecule has 12 heteroatoms. The van der Waals surface area contributed by atoms with Crippen LogP contribution in [0.3, 0.4) is 0 Å². The Morgan fingerprint density at radius 3 is 2.46 bits per heavy atom. The van der Waals surface area contributed by atoms with Crippen LogP contribution in [0.5, 0.6) is 0 Å². The lowest BCUT2D eigenvalue weighted by molar-refractivity contribution is -0.126. The Bertz CT molecular complexity index is 1060. The van der Waals surface area contributed by atoms with Gasteiger partial charge in [0.25, 0.3) is 5.91 Å². The molecule has 2 aromatic heterocycles. The van der Waals surface area contributed by atoms with Crippen molar-refractivity contribution in [1.29, 1.82) is 0 Å². The molecule has 0 spiro atoms. The predicted octanol–water partition coefficient (Wildman–Crippen LogP) is 3.22. The number of benzene rings is 1. The summed E-state index contributed by atoms with van der Waals surface area (Å²) in [6.07, 6.45) is 2.41. The second kappa shape index (κ2) is 12.9. The van der Waals surface area contributed by atoms with Gasteiger partial charge in [-0.05, 0) is 45.4 Å².